The highest BCUT2D eigenvalue weighted by Gasteiger charge is 2.23. The van der Waals surface area contributed by atoms with Gasteiger partial charge in [-0.1, -0.05) is 24.3 Å². The molecule has 3 aromatic rings. The van der Waals surface area contributed by atoms with Gasteiger partial charge >= 0.3 is 5.97 Å². The van der Waals surface area contributed by atoms with Gasteiger partial charge in [-0.2, -0.15) is 0 Å². The molecule has 1 heterocycles. The maximum Gasteiger partial charge on any atom is 0.338 e. The lowest BCUT2D eigenvalue weighted by molar-refractivity contribution is -0.721. The minimum atomic E-state index is -0.359. The zero-order chi connectivity index (χ0) is 20.1. The van der Waals surface area contributed by atoms with Gasteiger partial charge < -0.3 is 19.8 Å². The van der Waals surface area contributed by atoms with E-state index in [9.17, 15) is 4.79 Å². The predicted molar refractivity (Wildman–Crippen MR) is 111 cm³/mol. The lowest BCUT2D eigenvalue weighted by atomic mass is 10.1. The molecular weight excluding hydrogens is 352 g/mol. The topological polar surface area (TPSA) is 67.9 Å². The summed E-state index contributed by atoms with van der Waals surface area (Å²) < 4.78 is 11.8. The average Bonchev–Trinajstić information content (AvgIpc) is 3.04. The molecule has 0 aliphatic carbocycles. The lowest BCUT2D eigenvalue weighted by Gasteiger charge is -2.23. The monoisotopic (exact) mass is 381 g/mol. The standard InChI is InChI=1S/C23H28N2O3/c1-16-13-19-20(25-16)11-8-12-21(19)27-15-18(14-24-23(2,3)4)28-22(26)17-9-6-5-7-10-17/h5-13,18,24-25H,14-15H2,1-4H3/p+1/t18-/m1/s1. The van der Waals surface area contributed by atoms with Gasteiger partial charge in [0.1, 0.15) is 18.9 Å². The van der Waals surface area contributed by atoms with Crippen molar-refractivity contribution in [1.29, 1.82) is 0 Å². The summed E-state index contributed by atoms with van der Waals surface area (Å²) in [6.45, 7) is 9.35. The Morgan fingerprint density at radius 2 is 1.86 bits per heavy atom. The zero-order valence-corrected chi connectivity index (χ0v) is 17.0. The number of ether oxygens (including phenoxy) is 2. The first kappa shape index (κ1) is 20.0. The second kappa shape index (κ2) is 8.48. The highest BCUT2D eigenvalue weighted by Crippen LogP contribution is 2.26. The quantitative estimate of drug-likeness (QED) is 0.616. The summed E-state index contributed by atoms with van der Waals surface area (Å²) in [4.78, 5) is 15.8. The number of fused-ring (bicyclic) bond motifs is 1. The lowest BCUT2D eigenvalue weighted by Crippen LogP contribution is -2.96. The number of carbonyl (C=O) groups excluding carboxylic acids is 1. The first-order chi connectivity index (χ1) is 13.3. The molecule has 0 amide bonds. The maximum absolute atomic E-state index is 12.5. The predicted octanol–water partition coefficient (Wildman–Crippen LogP) is 3.44. The molecule has 28 heavy (non-hydrogen) atoms. The van der Waals surface area contributed by atoms with Crippen LogP contribution in [0.15, 0.2) is 54.6 Å². The fourth-order valence-electron chi connectivity index (χ4n) is 3.00. The molecule has 0 unspecified atom stereocenters. The molecule has 0 bridgehead atoms. The Hall–Kier alpha value is -2.79. The first-order valence-electron chi connectivity index (χ1n) is 9.63. The van der Waals surface area contributed by atoms with E-state index in [1.165, 1.54) is 0 Å². The Bertz CT molecular complexity index is 926. The van der Waals surface area contributed by atoms with Crippen molar-refractivity contribution in [3.05, 3.63) is 65.9 Å². The molecule has 1 atom stereocenters. The molecule has 0 spiro atoms. The number of hydrogen-bond acceptors (Lipinski definition) is 3. The summed E-state index contributed by atoms with van der Waals surface area (Å²) in [6.07, 6.45) is -0.359. The van der Waals surface area contributed by atoms with Crippen molar-refractivity contribution in [1.82, 2.24) is 4.98 Å². The van der Waals surface area contributed by atoms with Crippen LogP contribution < -0.4 is 10.1 Å². The van der Waals surface area contributed by atoms with E-state index in [2.05, 4.69) is 37.1 Å². The van der Waals surface area contributed by atoms with E-state index in [0.717, 1.165) is 22.3 Å². The van der Waals surface area contributed by atoms with Crippen molar-refractivity contribution >= 4 is 16.9 Å². The summed E-state index contributed by atoms with van der Waals surface area (Å²) in [5.74, 6) is 0.463. The SMILES string of the molecule is Cc1cc2c(OC[C@@H](C[NH2+]C(C)(C)C)OC(=O)c3ccccc3)cccc2[nH]1. The molecule has 3 rings (SSSR count). The normalized spacial score (nSPS) is 12.7. The van der Waals surface area contributed by atoms with Gasteiger partial charge in [-0.15, -0.1) is 0 Å². The number of hydrogen-bond donors (Lipinski definition) is 2. The Morgan fingerprint density at radius 3 is 2.57 bits per heavy atom. The van der Waals surface area contributed by atoms with Crippen LogP contribution in [0, 0.1) is 6.92 Å². The number of quaternary nitrogens is 1. The van der Waals surface area contributed by atoms with Gasteiger partial charge in [0.05, 0.1) is 11.1 Å². The third-order valence-corrected chi connectivity index (χ3v) is 4.46. The number of esters is 1. The van der Waals surface area contributed by atoms with Crippen LogP contribution in [0.5, 0.6) is 5.75 Å². The van der Waals surface area contributed by atoms with E-state index in [1.807, 2.05) is 43.3 Å². The van der Waals surface area contributed by atoms with E-state index < -0.39 is 0 Å². The van der Waals surface area contributed by atoms with Crippen molar-refractivity contribution in [2.45, 2.75) is 39.3 Å². The van der Waals surface area contributed by atoms with Crippen LogP contribution in [0.4, 0.5) is 0 Å². The van der Waals surface area contributed by atoms with Gasteiger partial charge in [-0.25, -0.2) is 4.79 Å². The summed E-state index contributed by atoms with van der Waals surface area (Å²) in [7, 11) is 0. The molecule has 0 aliphatic rings. The van der Waals surface area contributed by atoms with Crippen LogP contribution >= 0.6 is 0 Å². The van der Waals surface area contributed by atoms with Gasteiger partial charge in [0.2, 0.25) is 0 Å². The van der Waals surface area contributed by atoms with Gasteiger partial charge in [-0.3, -0.25) is 0 Å². The number of H-pyrrole nitrogens is 1. The van der Waals surface area contributed by atoms with Crippen LogP contribution in [0.3, 0.4) is 0 Å². The Kier molecular flexibility index (Phi) is 6.05. The van der Waals surface area contributed by atoms with Crippen LogP contribution in [-0.2, 0) is 4.74 Å². The zero-order valence-electron chi connectivity index (χ0n) is 17.0. The summed E-state index contributed by atoms with van der Waals surface area (Å²) in [5.41, 5.74) is 2.70. The molecular formula is C23H29N2O3+. The minimum Gasteiger partial charge on any atom is -0.489 e. The Morgan fingerprint density at radius 1 is 1.11 bits per heavy atom. The highest BCUT2D eigenvalue weighted by molar-refractivity contribution is 5.89. The van der Waals surface area contributed by atoms with E-state index in [1.54, 1.807) is 12.1 Å². The maximum atomic E-state index is 12.5. The number of aromatic nitrogens is 1. The number of aromatic amines is 1. The van der Waals surface area contributed by atoms with Crippen LogP contribution in [0.2, 0.25) is 0 Å². The van der Waals surface area contributed by atoms with Crippen molar-refractivity contribution in [2.75, 3.05) is 13.2 Å². The second-order valence-corrected chi connectivity index (χ2v) is 8.18. The first-order valence-corrected chi connectivity index (χ1v) is 9.63. The number of benzene rings is 2. The summed E-state index contributed by atoms with van der Waals surface area (Å²) in [6, 6.07) is 17.1. The number of nitrogens with one attached hydrogen (secondary N) is 1. The van der Waals surface area contributed by atoms with Crippen LogP contribution in [-0.4, -0.2) is 35.7 Å². The molecule has 5 heteroatoms. The molecule has 3 N–H and O–H groups in total. The fourth-order valence-corrected chi connectivity index (χ4v) is 3.00. The van der Waals surface area contributed by atoms with Crippen molar-refractivity contribution in [2.24, 2.45) is 0 Å². The number of aryl methyl sites for hydroxylation is 1. The van der Waals surface area contributed by atoms with Gasteiger partial charge in [-0.05, 0) is 58.0 Å². The molecule has 0 aliphatic heterocycles. The Labute approximate surface area is 166 Å². The third kappa shape index (κ3) is 5.36. The third-order valence-electron chi connectivity index (χ3n) is 4.46. The fraction of sp³-hybridized carbons (Fsp3) is 0.348. The molecule has 1 aromatic heterocycles. The van der Waals surface area contributed by atoms with Gasteiger partial charge in [0, 0.05) is 16.6 Å². The smallest absolute Gasteiger partial charge is 0.338 e. The average molecular weight is 381 g/mol. The number of rotatable bonds is 7. The van der Waals surface area contributed by atoms with Crippen LogP contribution in [0.1, 0.15) is 36.8 Å². The molecule has 0 saturated heterocycles. The van der Waals surface area contributed by atoms with Crippen molar-refractivity contribution in [3.8, 4) is 5.75 Å². The summed E-state index contributed by atoms with van der Waals surface area (Å²) >= 11 is 0. The number of nitrogens with two attached hydrogens (primary N) is 1. The molecule has 5 nitrogen and oxygen atoms in total. The van der Waals surface area contributed by atoms with Gasteiger partial charge in [0.25, 0.3) is 0 Å². The minimum absolute atomic E-state index is 0.0369. The molecule has 2 aromatic carbocycles. The molecule has 0 radical (unpaired) electrons. The van der Waals surface area contributed by atoms with Crippen molar-refractivity contribution in [3.63, 3.8) is 0 Å². The van der Waals surface area contributed by atoms with Gasteiger partial charge in [0.15, 0.2) is 6.10 Å². The molecule has 0 fully saturated rings. The van der Waals surface area contributed by atoms with Crippen molar-refractivity contribution < 1.29 is 19.6 Å². The summed E-state index contributed by atoms with van der Waals surface area (Å²) in [5, 5.41) is 3.20. The second-order valence-electron chi connectivity index (χ2n) is 8.18. The molecule has 148 valence electrons. The van der Waals surface area contributed by atoms with E-state index in [0.29, 0.717) is 18.7 Å². The van der Waals surface area contributed by atoms with E-state index in [-0.39, 0.29) is 17.6 Å². The molecule has 0 saturated carbocycles. The highest BCUT2D eigenvalue weighted by atomic mass is 16.6. The Balaban J connectivity index is 1.71. The number of carbonyl (C=O) groups is 1. The largest absolute Gasteiger partial charge is 0.489 e. The van der Waals surface area contributed by atoms with E-state index >= 15 is 0 Å². The van der Waals surface area contributed by atoms with E-state index in [4.69, 9.17) is 9.47 Å². The van der Waals surface area contributed by atoms with Crippen LogP contribution in [0.25, 0.3) is 10.9 Å².